The van der Waals surface area contributed by atoms with Crippen molar-refractivity contribution in [2.75, 3.05) is 20.4 Å². The lowest BCUT2D eigenvalue weighted by Gasteiger charge is -2.40. The van der Waals surface area contributed by atoms with Crippen LogP contribution in [0.2, 0.25) is 0 Å². The molecule has 2 atom stereocenters. The van der Waals surface area contributed by atoms with Crippen molar-refractivity contribution in [3.05, 3.63) is 178 Å². The first-order valence-corrected chi connectivity index (χ1v) is 16.2. The average Bonchev–Trinajstić information content (AvgIpc) is 3.14. The van der Waals surface area contributed by atoms with Crippen molar-refractivity contribution in [2.24, 2.45) is 0 Å². The predicted molar refractivity (Wildman–Crippen MR) is 198 cm³/mol. The van der Waals surface area contributed by atoms with Gasteiger partial charge in [0.05, 0.1) is 27.7 Å². The zero-order chi connectivity index (χ0) is 33.9. The zero-order valence-electron chi connectivity index (χ0n) is 27.2. The van der Waals surface area contributed by atoms with Gasteiger partial charge in [0.2, 0.25) is 0 Å². The number of benzene rings is 6. The smallest absolute Gasteiger partial charge is 0.269 e. The third-order valence-corrected chi connectivity index (χ3v) is 8.82. The third-order valence-electron chi connectivity index (χ3n) is 8.82. The Labute approximate surface area is 285 Å². The normalized spacial score (nSPS) is 13.1. The van der Waals surface area contributed by atoms with Gasteiger partial charge in [-0.2, -0.15) is 0 Å². The van der Waals surface area contributed by atoms with Crippen LogP contribution in [0.3, 0.4) is 0 Å². The Kier molecular flexibility index (Phi) is 8.51. The van der Waals surface area contributed by atoms with Crippen LogP contribution in [0.25, 0.3) is 0 Å². The zero-order valence-corrected chi connectivity index (χ0v) is 27.2. The van der Waals surface area contributed by atoms with E-state index in [0.717, 1.165) is 39.6 Å². The number of nitro groups is 1. The Morgan fingerprint density at radius 1 is 0.592 bits per heavy atom. The summed E-state index contributed by atoms with van der Waals surface area (Å²) < 4.78 is 0. The highest BCUT2D eigenvalue weighted by molar-refractivity contribution is 6.17. The molecule has 0 saturated carbocycles. The molecule has 1 aliphatic heterocycles. The first-order valence-electron chi connectivity index (χ1n) is 16.2. The number of nitrogens with zero attached hydrogens (tertiary/aromatic N) is 3. The van der Waals surface area contributed by atoms with Gasteiger partial charge in [-0.25, -0.2) is 0 Å². The van der Waals surface area contributed by atoms with E-state index in [4.69, 9.17) is 0 Å². The SMILES string of the molecule is CC(Nc1ccc2c(c1)N(c1ccccc1)c1cc(NC(C)c3ccccc3)ccc1N2C(=O)c1ccc([N+](=O)[O-])cc1)c1ccccc1. The van der Waals surface area contributed by atoms with Crippen LogP contribution in [0, 0.1) is 10.1 Å². The Morgan fingerprint density at radius 2 is 1.04 bits per heavy atom. The number of nitrogens with one attached hydrogen (secondary N) is 2. The first-order chi connectivity index (χ1) is 23.9. The van der Waals surface area contributed by atoms with E-state index in [0.29, 0.717) is 16.9 Å². The molecule has 2 unspecified atom stereocenters. The van der Waals surface area contributed by atoms with Crippen molar-refractivity contribution in [3.8, 4) is 0 Å². The highest BCUT2D eigenvalue weighted by atomic mass is 16.6. The van der Waals surface area contributed by atoms with Crippen molar-refractivity contribution in [1.82, 2.24) is 0 Å². The summed E-state index contributed by atoms with van der Waals surface area (Å²) in [5.41, 5.74) is 8.32. The fourth-order valence-electron chi connectivity index (χ4n) is 6.30. The molecule has 1 amide bonds. The number of rotatable bonds is 9. The molecule has 8 heteroatoms. The first kappa shape index (κ1) is 31.2. The molecule has 0 spiro atoms. The summed E-state index contributed by atoms with van der Waals surface area (Å²) in [7, 11) is 0. The maximum absolute atomic E-state index is 14.5. The molecule has 0 radical (unpaired) electrons. The summed E-state index contributed by atoms with van der Waals surface area (Å²) in [5.74, 6) is -0.290. The topological polar surface area (TPSA) is 90.8 Å². The monoisotopic (exact) mass is 645 g/mol. The van der Waals surface area contributed by atoms with Crippen LogP contribution in [0.5, 0.6) is 0 Å². The van der Waals surface area contributed by atoms with Crippen molar-refractivity contribution < 1.29 is 9.72 Å². The van der Waals surface area contributed by atoms with Gasteiger partial charge in [0.1, 0.15) is 0 Å². The Balaban J connectivity index is 1.37. The Morgan fingerprint density at radius 3 is 1.49 bits per heavy atom. The highest BCUT2D eigenvalue weighted by Gasteiger charge is 2.34. The van der Waals surface area contributed by atoms with Crippen molar-refractivity contribution in [1.29, 1.82) is 0 Å². The minimum absolute atomic E-state index is 0.0356. The van der Waals surface area contributed by atoms with E-state index in [9.17, 15) is 14.9 Å². The molecule has 0 fully saturated rings. The summed E-state index contributed by atoms with van der Waals surface area (Å²) >= 11 is 0. The van der Waals surface area contributed by atoms with E-state index in [2.05, 4.69) is 77.9 Å². The fourth-order valence-corrected chi connectivity index (χ4v) is 6.30. The molecule has 49 heavy (non-hydrogen) atoms. The largest absolute Gasteiger partial charge is 0.378 e. The quantitative estimate of drug-likeness (QED) is 0.120. The van der Waals surface area contributed by atoms with Crippen LogP contribution in [-0.2, 0) is 0 Å². The summed E-state index contributed by atoms with van der Waals surface area (Å²) in [4.78, 5) is 29.2. The molecule has 242 valence electrons. The molecule has 0 aliphatic carbocycles. The summed E-state index contributed by atoms with van der Waals surface area (Å²) in [6.45, 7) is 4.24. The number of nitro benzene ring substituents is 1. The number of carbonyl (C=O) groups excluding carboxylic acids is 1. The van der Waals surface area contributed by atoms with E-state index in [1.54, 1.807) is 4.90 Å². The van der Waals surface area contributed by atoms with Crippen LogP contribution in [-0.4, -0.2) is 10.8 Å². The lowest BCUT2D eigenvalue weighted by molar-refractivity contribution is -0.384. The molecule has 0 saturated heterocycles. The van der Waals surface area contributed by atoms with Gasteiger partial charge in [-0.05, 0) is 85.6 Å². The molecule has 2 N–H and O–H groups in total. The molecule has 6 aromatic rings. The van der Waals surface area contributed by atoms with E-state index in [1.165, 1.54) is 24.3 Å². The van der Waals surface area contributed by atoms with Crippen LogP contribution in [0.1, 0.15) is 47.4 Å². The number of carbonyl (C=O) groups is 1. The molecule has 0 aromatic heterocycles. The maximum Gasteiger partial charge on any atom is 0.269 e. The molecule has 1 heterocycles. The van der Waals surface area contributed by atoms with Crippen molar-refractivity contribution in [2.45, 2.75) is 25.9 Å². The molecule has 0 bridgehead atoms. The molecule has 7 rings (SSSR count). The second-order valence-electron chi connectivity index (χ2n) is 12.1. The minimum Gasteiger partial charge on any atom is -0.378 e. The van der Waals surface area contributed by atoms with Gasteiger partial charge in [-0.3, -0.25) is 19.8 Å². The number of anilines is 7. The van der Waals surface area contributed by atoms with Gasteiger partial charge in [0.15, 0.2) is 0 Å². The van der Waals surface area contributed by atoms with Crippen molar-refractivity contribution in [3.63, 3.8) is 0 Å². The Bertz CT molecular complexity index is 2010. The average molecular weight is 646 g/mol. The van der Waals surface area contributed by atoms with Crippen LogP contribution in [0.4, 0.5) is 45.5 Å². The maximum atomic E-state index is 14.5. The second kappa shape index (κ2) is 13.4. The van der Waals surface area contributed by atoms with Gasteiger partial charge in [-0.15, -0.1) is 0 Å². The van der Waals surface area contributed by atoms with Gasteiger partial charge >= 0.3 is 0 Å². The van der Waals surface area contributed by atoms with Crippen molar-refractivity contribution >= 4 is 51.4 Å². The number of amides is 1. The van der Waals surface area contributed by atoms with E-state index in [1.807, 2.05) is 78.9 Å². The highest BCUT2D eigenvalue weighted by Crippen LogP contribution is 2.53. The summed E-state index contributed by atoms with van der Waals surface area (Å²) in [5, 5.41) is 18.7. The number of non-ortho nitro benzene ring substituents is 1. The van der Waals surface area contributed by atoms with Gasteiger partial charge in [0, 0.05) is 46.8 Å². The van der Waals surface area contributed by atoms with Crippen LogP contribution in [0.15, 0.2) is 152 Å². The molecular formula is C41H35N5O3. The van der Waals surface area contributed by atoms with Crippen LogP contribution < -0.4 is 20.4 Å². The summed E-state index contributed by atoms with van der Waals surface area (Å²) in [6, 6.07) is 48.5. The van der Waals surface area contributed by atoms with E-state index < -0.39 is 4.92 Å². The molecule has 1 aliphatic rings. The Hall–Kier alpha value is -6.41. The predicted octanol–water partition coefficient (Wildman–Crippen LogP) is 10.7. The number of fused-ring (bicyclic) bond motifs is 2. The number of para-hydroxylation sites is 1. The fraction of sp³-hybridized carbons (Fsp3) is 0.0976. The molecule has 8 nitrogen and oxygen atoms in total. The van der Waals surface area contributed by atoms with Crippen LogP contribution >= 0.6 is 0 Å². The molecule has 6 aromatic carbocycles. The number of hydrogen-bond acceptors (Lipinski definition) is 6. The van der Waals surface area contributed by atoms with Gasteiger partial charge < -0.3 is 15.5 Å². The minimum atomic E-state index is -0.465. The third kappa shape index (κ3) is 6.32. The second-order valence-corrected chi connectivity index (χ2v) is 12.1. The van der Waals surface area contributed by atoms with Gasteiger partial charge in [0.25, 0.3) is 11.6 Å². The summed E-state index contributed by atoms with van der Waals surface area (Å²) in [6.07, 6.45) is 0. The standard InChI is InChI=1S/C41H35N5O3/c1-28(30-12-6-3-7-13-30)42-33-20-24-37-39(26-33)44(35-16-10-5-11-17-35)40-27-34(43-29(2)31-14-8-4-9-15-31)21-25-38(40)45(37)41(47)32-18-22-36(23-19-32)46(48)49/h3-29,42-43H,1-2H3. The lowest BCUT2D eigenvalue weighted by atomic mass is 10.0. The molecular weight excluding hydrogens is 610 g/mol. The van der Waals surface area contributed by atoms with Gasteiger partial charge in [-0.1, -0.05) is 78.9 Å². The lowest BCUT2D eigenvalue weighted by Crippen LogP contribution is -2.32. The van der Waals surface area contributed by atoms with E-state index >= 15 is 0 Å². The number of hydrogen-bond donors (Lipinski definition) is 2. The van der Waals surface area contributed by atoms with E-state index in [-0.39, 0.29) is 23.7 Å².